The van der Waals surface area contributed by atoms with Crippen LogP contribution in [0.3, 0.4) is 0 Å². The molecule has 33 heavy (non-hydrogen) atoms. The Morgan fingerprint density at radius 3 is 2.52 bits per heavy atom. The Bertz CT molecular complexity index is 1120. The molecular formula is C20H19Cl2N5O4S2. The molecule has 174 valence electrons. The van der Waals surface area contributed by atoms with Crippen LogP contribution in [0.5, 0.6) is 5.75 Å². The van der Waals surface area contributed by atoms with Gasteiger partial charge in [0.2, 0.25) is 0 Å². The van der Waals surface area contributed by atoms with E-state index in [0.29, 0.717) is 22.9 Å². The van der Waals surface area contributed by atoms with Gasteiger partial charge in [-0.3, -0.25) is 9.78 Å². The van der Waals surface area contributed by atoms with Crippen molar-refractivity contribution < 1.29 is 14.5 Å². The lowest BCUT2D eigenvalue weighted by atomic mass is 10.3. The summed E-state index contributed by atoms with van der Waals surface area (Å²) in [5.41, 5.74) is 0.507. The first-order valence-corrected chi connectivity index (χ1v) is 11.9. The smallest absolute Gasteiger partial charge is 0.389 e. The first-order valence-electron chi connectivity index (χ1n) is 9.55. The number of nitro groups is 1. The summed E-state index contributed by atoms with van der Waals surface area (Å²) < 4.78 is 5.85. The van der Waals surface area contributed by atoms with Crippen LogP contribution in [0.1, 0.15) is 16.2 Å². The zero-order chi connectivity index (χ0) is 24.0. The number of benzene rings is 1. The van der Waals surface area contributed by atoms with Crippen LogP contribution in [0.2, 0.25) is 10.0 Å². The molecule has 13 heteroatoms. The molecule has 2 aromatic heterocycles. The van der Waals surface area contributed by atoms with E-state index >= 15 is 0 Å². The number of nitrogens with zero attached hydrogens (tertiary/aromatic N) is 4. The van der Waals surface area contributed by atoms with E-state index in [2.05, 4.69) is 20.2 Å². The SMILES string of the molecule is CN(C)CCCOc1ccc(NC(=O)c2nc([N+](=O)[O-])c(Sc3c(Cl)cncc3Cl)s2)cc1. The second-order valence-corrected chi connectivity index (χ2v) is 10.00. The second kappa shape index (κ2) is 11.6. The molecule has 0 fully saturated rings. The Labute approximate surface area is 208 Å². The van der Waals surface area contributed by atoms with Crippen LogP contribution in [0.15, 0.2) is 45.8 Å². The number of rotatable bonds is 10. The third-order valence-electron chi connectivity index (χ3n) is 4.08. The average Bonchev–Trinajstić information content (AvgIpc) is 3.19. The molecule has 1 aromatic carbocycles. The Morgan fingerprint density at radius 2 is 1.91 bits per heavy atom. The van der Waals surface area contributed by atoms with Crippen LogP contribution in [0.25, 0.3) is 0 Å². The number of ether oxygens (including phenoxy) is 1. The molecule has 2 heterocycles. The number of pyridine rings is 1. The minimum Gasteiger partial charge on any atom is -0.494 e. The molecule has 1 amide bonds. The summed E-state index contributed by atoms with van der Waals surface area (Å²) in [5, 5.41) is 14.6. The fourth-order valence-corrected chi connectivity index (χ4v) is 5.17. The van der Waals surface area contributed by atoms with Crippen LogP contribution in [0.4, 0.5) is 11.5 Å². The fourth-order valence-electron chi connectivity index (χ4n) is 2.56. The summed E-state index contributed by atoms with van der Waals surface area (Å²) in [7, 11) is 4.00. The van der Waals surface area contributed by atoms with Gasteiger partial charge in [0.05, 0.1) is 21.5 Å². The normalized spacial score (nSPS) is 10.9. The number of aromatic nitrogens is 2. The zero-order valence-electron chi connectivity index (χ0n) is 17.6. The maximum absolute atomic E-state index is 12.7. The first kappa shape index (κ1) is 25.2. The van der Waals surface area contributed by atoms with Crippen molar-refractivity contribution in [1.29, 1.82) is 0 Å². The van der Waals surface area contributed by atoms with Gasteiger partial charge in [0, 0.05) is 24.6 Å². The Balaban J connectivity index is 1.69. The standard InChI is InChI=1S/C20H19Cl2N5O4S2/c1-26(2)8-3-9-31-13-6-4-12(5-7-13)24-18(28)19-25-17(27(29)30)20(33-19)32-16-14(21)10-23-11-15(16)22/h4-7,10-11H,3,8-9H2,1-2H3,(H,24,28). The molecule has 0 unspecified atom stereocenters. The summed E-state index contributed by atoms with van der Waals surface area (Å²) in [5.74, 6) is -0.330. The molecule has 0 aliphatic heterocycles. The molecule has 0 radical (unpaired) electrons. The molecule has 9 nitrogen and oxygen atoms in total. The predicted molar refractivity (Wildman–Crippen MR) is 130 cm³/mol. The van der Waals surface area contributed by atoms with Gasteiger partial charge in [0.25, 0.3) is 5.01 Å². The number of amides is 1. The monoisotopic (exact) mass is 527 g/mol. The summed E-state index contributed by atoms with van der Waals surface area (Å²) >= 11 is 14.1. The van der Waals surface area contributed by atoms with E-state index in [4.69, 9.17) is 27.9 Å². The Hall–Kier alpha value is -2.44. The van der Waals surface area contributed by atoms with Crippen molar-refractivity contribution in [3.8, 4) is 5.75 Å². The molecule has 0 saturated heterocycles. The Morgan fingerprint density at radius 1 is 1.24 bits per heavy atom. The largest absolute Gasteiger partial charge is 0.494 e. The third kappa shape index (κ3) is 7.02. The van der Waals surface area contributed by atoms with Gasteiger partial charge in [-0.1, -0.05) is 46.3 Å². The van der Waals surface area contributed by atoms with Crippen LogP contribution in [0, 0.1) is 10.1 Å². The number of hydrogen-bond acceptors (Lipinski definition) is 9. The van der Waals surface area contributed by atoms with Crippen LogP contribution < -0.4 is 10.1 Å². The van der Waals surface area contributed by atoms with Gasteiger partial charge in [0.15, 0.2) is 4.21 Å². The highest BCUT2D eigenvalue weighted by atomic mass is 35.5. The molecule has 0 saturated carbocycles. The van der Waals surface area contributed by atoms with Gasteiger partial charge in [-0.2, -0.15) is 0 Å². The maximum atomic E-state index is 12.7. The van der Waals surface area contributed by atoms with Crippen LogP contribution in [-0.4, -0.2) is 52.9 Å². The number of thiazole rings is 1. The summed E-state index contributed by atoms with van der Waals surface area (Å²) in [6.45, 7) is 1.51. The van der Waals surface area contributed by atoms with Crippen molar-refractivity contribution in [2.75, 3.05) is 32.6 Å². The molecule has 3 rings (SSSR count). The highest BCUT2D eigenvalue weighted by Crippen LogP contribution is 2.44. The lowest BCUT2D eigenvalue weighted by molar-refractivity contribution is -0.391. The van der Waals surface area contributed by atoms with Gasteiger partial charge in [-0.25, -0.2) is 0 Å². The number of carbonyl (C=O) groups excluding carboxylic acids is 1. The van der Waals surface area contributed by atoms with Crippen molar-refractivity contribution in [3.63, 3.8) is 0 Å². The predicted octanol–water partition coefficient (Wildman–Crippen LogP) is 5.49. The van der Waals surface area contributed by atoms with Crippen molar-refractivity contribution in [1.82, 2.24) is 14.9 Å². The molecule has 0 bridgehead atoms. The quantitative estimate of drug-likeness (QED) is 0.209. The molecule has 0 aliphatic carbocycles. The third-order valence-corrected chi connectivity index (χ3v) is 7.23. The lowest BCUT2D eigenvalue weighted by Gasteiger charge is -2.10. The van der Waals surface area contributed by atoms with E-state index in [0.717, 1.165) is 36.1 Å². The van der Waals surface area contributed by atoms with Gasteiger partial charge in [-0.05, 0) is 54.7 Å². The fraction of sp³-hybridized carbons (Fsp3) is 0.250. The molecule has 1 N–H and O–H groups in total. The number of anilines is 1. The van der Waals surface area contributed by atoms with Crippen molar-refractivity contribution in [2.24, 2.45) is 0 Å². The lowest BCUT2D eigenvalue weighted by Crippen LogP contribution is -2.15. The minimum absolute atomic E-state index is 0.0606. The van der Waals surface area contributed by atoms with Crippen molar-refractivity contribution in [3.05, 3.63) is 61.8 Å². The molecule has 3 aromatic rings. The zero-order valence-corrected chi connectivity index (χ0v) is 20.7. The number of hydrogen-bond donors (Lipinski definition) is 1. The number of carbonyl (C=O) groups is 1. The minimum atomic E-state index is -0.652. The van der Waals surface area contributed by atoms with E-state index in [1.165, 1.54) is 12.4 Å². The van der Waals surface area contributed by atoms with Gasteiger partial charge in [-0.15, -0.1) is 0 Å². The highest BCUT2D eigenvalue weighted by Gasteiger charge is 2.29. The summed E-state index contributed by atoms with van der Waals surface area (Å²) in [6.07, 6.45) is 3.66. The van der Waals surface area contributed by atoms with E-state index in [-0.39, 0.29) is 19.3 Å². The first-order chi connectivity index (χ1) is 15.7. The van der Waals surface area contributed by atoms with E-state index < -0.39 is 16.6 Å². The van der Waals surface area contributed by atoms with Crippen molar-refractivity contribution in [2.45, 2.75) is 15.5 Å². The van der Waals surface area contributed by atoms with Gasteiger partial charge in [0.1, 0.15) is 5.75 Å². The van der Waals surface area contributed by atoms with Crippen LogP contribution >= 0.6 is 46.3 Å². The molecule has 0 spiro atoms. The molecule has 0 atom stereocenters. The number of halogens is 2. The van der Waals surface area contributed by atoms with E-state index in [1.54, 1.807) is 24.3 Å². The topological polar surface area (TPSA) is 110 Å². The van der Waals surface area contributed by atoms with E-state index in [1.807, 2.05) is 14.1 Å². The summed E-state index contributed by atoms with van der Waals surface area (Å²) in [4.78, 5) is 33.7. The highest BCUT2D eigenvalue weighted by molar-refractivity contribution is 8.01. The number of nitrogens with one attached hydrogen (secondary N) is 1. The van der Waals surface area contributed by atoms with Gasteiger partial charge >= 0.3 is 11.7 Å². The van der Waals surface area contributed by atoms with Gasteiger partial charge < -0.3 is 25.1 Å². The average molecular weight is 528 g/mol. The van der Waals surface area contributed by atoms with E-state index in [9.17, 15) is 14.9 Å². The summed E-state index contributed by atoms with van der Waals surface area (Å²) in [6, 6.07) is 6.86. The Kier molecular flexibility index (Phi) is 8.87. The molecule has 0 aliphatic rings. The molecular weight excluding hydrogens is 509 g/mol. The maximum Gasteiger partial charge on any atom is 0.389 e. The van der Waals surface area contributed by atoms with Crippen molar-refractivity contribution >= 4 is 63.7 Å². The van der Waals surface area contributed by atoms with Crippen LogP contribution in [-0.2, 0) is 0 Å². The second-order valence-electron chi connectivity index (χ2n) is 6.91.